The molecular weight excluding hydrogens is 302 g/mol. The van der Waals surface area contributed by atoms with Gasteiger partial charge in [0.1, 0.15) is 0 Å². The highest BCUT2D eigenvalue weighted by Crippen LogP contribution is 2.30. The lowest BCUT2D eigenvalue weighted by Crippen LogP contribution is -2.39. The fourth-order valence-corrected chi connectivity index (χ4v) is 3.66. The topological polar surface area (TPSA) is 61.4 Å². The first-order valence-corrected chi connectivity index (χ1v) is 9.14. The minimum Gasteiger partial charge on any atom is -0.343 e. The monoisotopic (exact) mass is 329 g/mol. The van der Waals surface area contributed by atoms with Crippen molar-refractivity contribution in [2.75, 3.05) is 19.6 Å². The molecule has 3 rings (SSSR count). The molecule has 1 aliphatic heterocycles. The van der Waals surface area contributed by atoms with Crippen molar-refractivity contribution in [2.45, 2.75) is 51.0 Å². The highest BCUT2D eigenvalue weighted by Gasteiger charge is 2.23. The Morgan fingerprint density at radius 1 is 1.17 bits per heavy atom. The van der Waals surface area contributed by atoms with Crippen molar-refractivity contribution in [3.63, 3.8) is 0 Å². The van der Waals surface area contributed by atoms with Gasteiger partial charge < -0.3 is 15.5 Å². The van der Waals surface area contributed by atoms with Crippen molar-refractivity contribution < 1.29 is 9.59 Å². The zero-order chi connectivity index (χ0) is 16.8. The van der Waals surface area contributed by atoms with Crippen LogP contribution in [0.15, 0.2) is 24.3 Å². The number of hydrogen-bond donors (Lipinski definition) is 2. The highest BCUT2D eigenvalue weighted by atomic mass is 16.2. The average Bonchev–Trinajstić information content (AvgIpc) is 2.87. The number of nitrogens with zero attached hydrogens (tertiary/aromatic N) is 1. The third kappa shape index (κ3) is 4.28. The molecule has 1 aliphatic carbocycles. The Balaban J connectivity index is 1.37. The zero-order valence-corrected chi connectivity index (χ0v) is 14.2. The van der Waals surface area contributed by atoms with Gasteiger partial charge in [-0.25, -0.2) is 4.79 Å². The summed E-state index contributed by atoms with van der Waals surface area (Å²) >= 11 is 0. The van der Waals surface area contributed by atoms with Crippen LogP contribution in [0.2, 0.25) is 0 Å². The molecule has 1 saturated heterocycles. The first-order valence-electron chi connectivity index (χ1n) is 9.14. The minimum absolute atomic E-state index is 0.112. The van der Waals surface area contributed by atoms with Crippen molar-refractivity contribution in [3.05, 3.63) is 35.4 Å². The van der Waals surface area contributed by atoms with Crippen molar-refractivity contribution in [3.8, 4) is 0 Å². The van der Waals surface area contributed by atoms with Crippen molar-refractivity contribution in [1.82, 2.24) is 15.5 Å². The van der Waals surface area contributed by atoms with E-state index in [1.807, 2.05) is 17.0 Å². The molecule has 1 unspecified atom stereocenters. The Kier molecular flexibility index (Phi) is 5.72. The van der Waals surface area contributed by atoms with Gasteiger partial charge in [-0.3, -0.25) is 4.79 Å². The molecule has 5 heteroatoms. The number of aryl methyl sites for hydroxylation is 1. The van der Waals surface area contributed by atoms with Gasteiger partial charge in [0.15, 0.2) is 0 Å². The maximum absolute atomic E-state index is 12.1. The summed E-state index contributed by atoms with van der Waals surface area (Å²) in [6, 6.07) is 8.30. The number of likely N-dealkylation sites (tertiary alicyclic amines) is 1. The first-order chi connectivity index (χ1) is 11.7. The van der Waals surface area contributed by atoms with E-state index in [9.17, 15) is 9.59 Å². The number of amides is 3. The molecule has 1 heterocycles. The summed E-state index contributed by atoms with van der Waals surface area (Å²) in [6.45, 7) is 2.21. The molecule has 0 bridgehead atoms. The van der Waals surface area contributed by atoms with E-state index < -0.39 is 0 Å². The molecule has 3 amide bonds. The van der Waals surface area contributed by atoms with Crippen LogP contribution in [0.3, 0.4) is 0 Å². The molecule has 2 aliphatic rings. The third-order valence-electron chi connectivity index (χ3n) is 5.00. The van der Waals surface area contributed by atoms with E-state index in [0.29, 0.717) is 13.0 Å². The maximum Gasteiger partial charge on any atom is 0.315 e. The predicted molar refractivity (Wildman–Crippen MR) is 93.7 cm³/mol. The predicted octanol–water partition coefficient (Wildman–Crippen LogP) is 2.77. The summed E-state index contributed by atoms with van der Waals surface area (Å²) < 4.78 is 0. The zero-order valence-electron chi connectivity index (χ0n) is 14.2. The number of carbonyl (C=O) groups is 2. The number of fused-ring (bicyclic) bond motifs is 1. The number of urea groups is 1. The Morgan fingerprint density at radius 2 is 2.04 bits per heavy atom. The number of rotatable bonds is 5. The fraction of sp³-hybridized carbons (Fsp3) is 0.579. The molecule has 0 radical (unpaired) electrons. The smallest absolute Gasteiger partial charge is 0.315 e. The van der Waals surface area contributed by atoms with Crippen LogP contribution < -0.4 is 10.6 Å². The molecule has 1 atom stereocenters. The summed E-state index contributed by atoms with van der Waals surface area (Å²) in [5.41, 5.74) is 2.57. The minimum atomic E-state index is -0.112. The SMILES string of the molecule is O=C(NCCCN1CCCCCC1=O)NC1CCc2ccccc21. The van der Waals surface area contributed by atoms with Crippen LogP contribution in [0.1, 0.15) is 55.7 Å². The second-order valence-corrected chi connectivity index (χ2v) is 6.74. The lowest BCUT2D eigenvalue weighted by molar-refractivity contribution is -0.130. The van der Waals surface area contributed by atoms with E-state index >= 15 is 0 Å². The molecule has 2 N–H and O–H groups in total. The second-order valence-electron chi connectivity index (χ2n) is 6.74. The van der Waals surface area contributed by atoms with E-state index in [-0.39, 0.29) is 18.0 Å². The average molecular weight is 329 g/mol. The van der Waals surface area contributed by atoms with Crippen LogP contribution in [-0.4, -0.2) is 36.5 Å². The Morgan fingerprint density at radius 3 is 2.96 bits per heavy atom. The summed E-state index contributed by atoms with van der Waals surface area (Å²) in [5.74, 6) is 0.263. The van der Waals surface area contributed by atoms with E-state index in [4.69, 9.17) is 0 Å². The van der Waals surface area contributed by atoms with Crippen molar-refractivity contribution in [1.29, 1.82) is 0 Å². The molecule has 0 saturated carbocycles. The van der Waals surface area contributed by atoms with Crippen LogP contribution in [0.4, 0.5) is 4.79 Å². The van der Waals surface area contributed by atoms with Crippen LogP contribution in [0.5, 0.6) is 0 Å². The number of hydrogen-bond acceptors (Lipinski definition) is 2. The Bertz CT molecular complexity index is 588. The van der Waals surface area contributed by atoms with Gasteiger partial charge in [-0.2, -0.15) is 0 Å². The number of carbonyl (C=O) groups excluding carboxylic acids is 2. The van der Waals surface area contributed by atoms with Crippen LogP contribution in [-0.2, 0) is 11.2 Å². The summed E-state index contributed by atoms with van der Waals surface area (Å²) in [6.07, 6.45) is 6.73. The Hall–Kier alpha value is -2.04. The van der Waals surface area contributed by atoms with Gasteiger partial charge in [-0.15, -0.1) is 0 Å². The molecule has 24 heavy (non-hydrogen) atoms. The van der Waals surface area contributed by atoms with E-state index in [0.717, 1.165) is 51.6 Å². The molecule has 0 spiro atoms. The highest BCUT2D eigenvalue weighted by molar-refractivity contribution is 5.76. The van der Waals surface area contributed by atoms with Crippen LogP contribution in [0, 0.1) is 0 Å². The summed E-state index contributed by atoms with van der Waals surface area (Å²) in [5, 5.41) is 5.98. The fourth-order valence-electron chi connectivity index (χ4n) is 3.66. The van der Waals surface area contributed by atoms with Gasteiger partial charge >= 0.3 is 6.03 Å². The number of nitrogens with one attached hydrogen (secondary N) is 2. The normalized spacial score (nSPS) is 20.4. The largest absolute Gasteiger partial charge is 0.343 e. The summed E-state index contributed by atoms with van der Waals surface area (Å²) in [7, 11) is 0. The van der Waals surface area contributed by atoms with Gasteiger partial charge in [0.25, 0.3) is 0 Å². The van der Waals surface area contributed by atoms with E-state index in [1.165, 1.54) is 11.1 Å². The summed E-state index contributed by atoms with van der Waals surface area (Å²) in [4.78, 5) is 25.9. The molecule has 1 aromatic rings. The standard InChI is InChI=1S/C19H27N3O2/c23-18-9-2-1-5-13-22(18)14-6-12-20-19(24)21-17-11-10-15-7-3-4-8-16(15)17/h3-4,7-8,17H,1-2,5-6,9-14H2,(H2,20,21,24). The number of benzene rings is 1. The quantitative estimate of drug-likeness (QED) is 0.816. The first kappa shape index (κ1) is 16.8. The molecule has 130 valence electrons. The lowest BCUT2D eigenvalue weighted by atomic mass is 10.1. The van der Waals surface area contributed by atoms with E-state index in [1.54, 1.807) is 0 Å². The molecule has 0 aromatic heterocycles. The van der Waals surface area contributed by atoms with Crippen molar-refractivity contribution in [2.24, 2.45) is 0 Å². The molecule has 5 nitrogen and oxygen atoms in total. The lowest BCUT2D eigenvalue weighted by Gasteiger charge is -2.20. The van der Waals surface area contributed by atoms with Crippen molar-refractivity contribution >= 4 is 11.9 Å². The maximum atomic E-state index is 12.1. The van der Waals surface area contributed by atoms with Gasteiger partial charge in [0.2, 0.25) is 5.91 Å². The Labute approximate surface area is 143 Å². The van der Waals surface area contributed by atoms with Gasteiger partial charge in [0, 0.05) is 26.1 Å². The van der Waals surface area contributed by atoms with Gasteiger partial charge in [-0.1, -0.05) is 30.7 Å². The second kappa shape index (κ2) is 8.18. The van der Waals surface area contributed by atoms with Gasteiger partial charge in [-0.05, 0) is 43.2 Å². The van der Waals surface area contributed by atoms with Crippen LogP contribution in [0.25, 0.3) is 0 Å². The van der Waals surface area contributed by atoms with Gasteiger partial charge in [0.05, 0.1) is 6.04 Å². The van der Waals surface area contributed by atoms with Crippen LogP contribution >= 0.6 is 0 Å². The molecular formula is C19H27N3O2. The van der Waals surface area contributed by atoms with E-state index in [2.05, 4.69) is 22.8 Å². The third-order valence-corrected chi connectivity index (χ3v) is 5.00. The molecule has 1 aromatic carbocycles. The molecule has 1 fully saturated rings.